The van der Waals surface area contributed by atoms with E-state index in [9.17, 15) is 14.4 Å². The number of fused-ring (bicyclic) bond motifs is 1. The van der Waals surface area contributed by atoms with Crippen LogP contribution in [0.1, 0.15) is 28.8 Å². The van der Waals surface area contributed by atoms with Gasteiger partial charge in [0.15, 0.2) is 0 Å². The minimum absolute atomic E-state index is 0.181. The molecule has 0 aliphatic carbocycles. The molecular weight excluding hydrogens is 384 g/mol. The second-order valence-electron chi connectivity index (χ2n) is 7.73. The third-order valence-electron chi connectivity index (χ3n) is 5.71. The highest BCUT2D eigenvalue weighted by atomic mass is 16.2. The number of hydrogen-bond donors (Lipinski definition) is 1. The molecule has 152 valence electrons. The Hall–Kier alpha value is -3.75. The first-order valence-corrected chi connectivity index (χ1v) is 9.70. The van der Waals surface area contributed by atoms with E-state index in [-0.39, 0.29) is 18.2 Å². The Balaban J connectivity index is 1.49. The first kappa shape index (κ1) is 18.3. The zero-order valence-corrected chi connectivity index (χ0v) is 16.6. The summed E-state index contributed by atoms with van der Waals surface area (Å²) in [5.41, 5.74) is 5.03. The molecule has 2 aromatic heterocycles. The van der Waals surface area contributed by atoms with Crippen molar-refractivity contribution in [2.75, 3.05) is 0 Å². The van der Waals surface area contributed by atoms with Gasteiger partial charge < -0.3 is 9.47 Å². The van der Waals surface area contributed by atoms with Gasteiger partial charge in [-0.05, 0) is 24.1 Å². The third-order valence-corrected chi connectivity index (χ3v) is 5.71. The highest BCUT2D eigenvalue weighted by Gasteiger charge is 2.39. The molecule has 0 radical (unpaired) electrons. The molecule has 1 atom stereocenters. The van der Waals surface area contributed by atoms with E-state index in [1.54, 1.807) is 28.2 Å². The van der Waals surface area contributed by atoms with Crippen molar-refractivity contribution in [1.29, 1.82) is 0 Å². The number of imide groups is 1. The molecule has 30 heavy (non-hydrogen) atoms. The molecule has 1 unspecified atom stereocenters. The monoisotopic (exact) mass is 404 g/mol. The Bertz CT molecular complexity index is 1210. The number of benzene rings is 1. The van der Waals surface area contributed by atoms with E-state index >= 15 is 0 Å². The van der Waals surface area contributed by atoms with Gasteiger partial charge in [0.2, 0.25) is 11.8 Å². The Morgan fingerprint density at radius 2 is 1.97 bits per heavy atom. The van der Waals surface area contributed by atoms with Crippen molar-refractivity contribution in [1.82, 2.24) is 29.5 Å². The highest BCUT2D eigenvalue weighted by Crippen LogP contribution is 2.34. The third kappa shape index (κ3) is 2.81. The normalized spacial score (nSPS) is 18.7. The van der Waals surface area contributed by atoms with Crippen molar-refractivity contribution in [2.45, 2.75) is 25.4 Å². The van der Waals surface area contributed by atoms with Crippen LogP contribution in [0.4, 0.5) is 0 Å². The maximum absolute atomic E-state index is 12.9. The van der Waals surface area contributed by atoms with Crippen LogP contribution in [0.3, 0.4) is 0 Å². The number of rotatable bonds is 3. The number of piperidine rings is 1. The van der Waals surface area contributed by atoms with Gasteiger partial charge in [0, 0.05) is 49.9 Å². The number of imidazole rings is 1. The number of carbonyl (C=O) groups is 3. The first-order valence-electron chi connectivity index (χ1n) is 9.70. The van der Waals surface area contributed by atoms with E-state index in [1.165, 1.54) is 0 Å². The molecule has 9 heteroatoms. The summed E-state index contributed by atoms with van der Waals surface area (Å²) < 4.78 is 3.69. The predicted molar refractivity (Wildman–Crippen MR) is 107 cm³/mol. The van der Waals surface area contributed by atoms with Gasteiger partial charge in [-0.1, -0.05) is 6.07 Å². The molecule has 1 aromatic carbocycles. The number of hydrogen-bond acceptors (Lipinski definition) is 5. The Morgan fingerprint density at radius 1 is 1.13 bits per heavy atom. The summed E-state index contributed by atoms with van der Waals surface area (Å²) >= 11 is 0. The van der Waals surface area contributed by atoms with Gasteiger partial charge in [-0.3, -0.25) is 24.4 Å². The van der Waals surface area contributed by atoms with Crippen molar-refractivity contribution in [3.63, 3.8) is 0 Å². The molecule has 2 aliphatic rings. The number of aryl methyl sites for hydroxylation is 2. The fourth-order valence-electron chi connectivity index (χ4n) is 4.25. The van der Waals surface area contributed by atoms with Crippen molar-refractivity contribution in [2.24, 2.45) is 14.1 Å². The quantitative estimate of drug-likeness (QED) is 0.662. The summed E-state index contributed by atoms with van der Waals surface area (Å²) in [5.74, 6) is -0.878. The molecule has 1 N–H and O–H groups in total. The SMILES string of the molecule is Cn1cc(-c2c(-c3ccc4c(c3)CN(C3CCC(=O)NC3=O)C4=O)ncn2C)cn1. The zero-order chi connectivity index (χ0) is 21.0. The van der Waals surface area contributed by atoms with Crippen LogP contribution >= 0.6 is 0 Å². The van der Waals surface area contributed by atoms with Gasteiger partial charge in [0.1, 0.15) is 6.04 Å². The Kier molecular flexibility index (Phi) is 4.05. The molecule has 4 heterocycles. The summed E-state index contributed by atoms with van der Waals surface area (Å²) in [6.45, 7) is 0.337. The second kappa shape index (κ2) is 6.65. The molecule has 3 amide bonds. The van der Waals surface area contributed by atoms with Crippen LogP contribution in [0, 0.1) is 0 Å². The summed E-state index contributed by atoms with van der Waals surface area (Å²) in [5, 5.41) is 6.58. The maximum atomic E-state index is 12.9. The minimum Gasteiger partial charge on any atom is -0.333 e. The average Bonchev–Trinajstić information content (AvgIpc) is 3.39. The summed E-state index contributed by atoms with van der Waals surface area (Å²) in [6, 6.07) is 5.02. The topological polar surface area (TPSA) is 102 Å². The lowest BCUT2D eigenvalue weighted by molar-refractivity contribution is -0.136. The smallest absolute Gasteiger partial charge is 0.255 e. The number of nitrogens with one attached hydrogen (secondary N) is 1. The highest BCUT2D eigenvalue weighted by molar-refractivity contribution is 6.05. The lowest BCUT2D eigenvalue weighted by atomic mass is 10.0. The van der Waals surface area contributed by atoms with Crippen LogP contribution in [-0.2, 0) is 30.2 Å². The predicted octanol–water partition coefficient (Wildman–Crippen LogP) is 1.25. The van der Waals surface area contributed by atoms with E-state index in [0.29, 0.717) is 18.5 Å². The number of nitrogens with zero attached hydrogens (tertiary/aromatic N) is 5. The van der Waals surface area contributed by atoms with E-state index in [0.717, 1.165) is 28.1 Å². The molecule has 2 aliphatic heterocycles. The van der Waals surface area contributed by atoms with Crippen LogP contribution in [-0.4, -0.2) is 48.0 Å². The fourth-order valence-corrected chi connectivity index (χ4v) is 4.25. The van der Waals surface area contributed by atoms with Crippen molar-refractivity contribution in [3.8, 4) is 22.5 Å². The molecule has 5 rings (SSSR count). The van der Waals surface area contributed by atoms with Gasteiger partial charge in [-0.25, -0.2) is 4.98 Å². The Labute approximate surface area is 172 Å². The molecule has 0 bridgehead atoms. The van der Waals surface area contributed by atoms with Crippen molar-refractivity contribution in [3.05, 3.63) is 48.0 Å². The van der Waals surface area contributed by atoms with Gasteiger partial charge in [-0.2, -0.15) is 5.10 Å². The van der Waals surface area contributed by atoms with E-state index < -0.39 is 11.9 Å². The van der Waals surface area contributed by atoms with Crippen LogP contribution in [0.5, 0.6) is 0 Å². The van der Waals surface area contributed by atoms with E-state index in [2.05, 4.69) is 15.4 Å². The van der Waals surface area contributed by atoms with Gasteiger partial charge >= 0.3 is 0 Å². The zero-order valence-electron chi connectivity index (χ0n) is 16.6. The average molecular weight is 404 g/mol. The van der Waals surface area contributed by atoms with Crippen LogP contribution in [0.2, 0.25) is 0 Å². The standard InChI is InChI=1S/C21H20N6O3/c1-25-11-22-18(19(25)14-8-23-26(2)9-14)12-3-4-15-13(7-12)10-27(21(15)30)16-5-6-17(28)24-20(16)29/h3-4,7-9,11,16H,5-6,10H2,1-2H3,(H,24,28,29). The molecule has 1 fully saturated rings. The second-order valence-corrected chi connectivity index (χ2v) is 7.73. The van der Waals surface area contributed by atoms with Crippen LogP contribution < -0.4 is 5.32 Å². The summed E-state index contributed by atoms with van der Waals surface area (Å²) in [7, 11) is 3.80. The number of carbonyl (C=O) groups excluding carboxylic acids is 3. The lowest BCUT2D eigenvalue weighted by Gasteiger charge is -2.29. The fraction of sp³-hybridized carbons (Fsp3) is 0.286. The van der Waals surface area contributed by atoms with Gasteiger partial charge in [0.25, 0.3) is 5.91 Å². The molecule has 1 saturated heterocycles. The maximum Gasteiger partial charge on any atom is 0.255 e. The van der Waals surface area contributed by atoms with E-state index in [1.807, 2.05) is 37.0 Å². The molecule has 3 aromatic rings. The minimum atomic E-state index is -0.619. The van der Waals surface area contributed by atoms with Crippen LogP contribution in [0.15, 0.2) is 36.9 Å². The lowest BCUT2D eigenvalue weighted by Crippen LogP contribution is -2.52. The summed E-state index contributed by atoms with van der Waals surface area (Å²) in [4.78, 5) is 42.7. The molecule has 0 spiro atoms. The van der Waals surface area contributed by atoms with Gasteiger partial charge in [-0.15, -0.1) is 0 Å². The van der Waals surface area contributed by atoms with Crippen molar-refractivity contribution < 1.29 is 14.4 Å². The van der Waals surface area contributed by atoms with E-state index in [4.69, 9.17) is 0 Å². The molecular formula is C21H20N6O3. The largest absolute Gasteiger partial charge is 0.333 e. The molecule has 9 nitrogen and oxygen atoms in total. The number of amides is 3. The number of aromatic nitrogens is 4. The van der Waals surface area contributed by atoms with Gasteiger partial charge in [0.05, 0.1) is 23.9 Å². The first-order chi connectivity index (χ1) is 14.4. The van der Waals surface area contributed by atoms with Crippen LogP contribution in [0.25, 0.3) is 22.5 Å². The summed E-state index contributed by atoms with van der Waals surface area (Å²) in [6.07, 6.45) is 6.07. The molecule has 0 saturated carbocycles. The van der Waals surface area contributed by atoms with Crippen molar-refractivity contribution >= 4 is 17.7 Å². The Morgan fingerprint density at radius 3 is 2.70 bits per heavy atom.